The lowest BCUT2D eigenvalue weighted by Gasteiger charge is -2.07. The number of aliphatic carboxylic acids is 1. The molecule has 0 spiro atoms. The van der Waals surface area contributed by atoms with Crippen molar-refractivity contribution in [3.63, 3.8) is 0 Å². The summed E-state index contributed by atoms with van der Waals surface area (Å²) in [5.41, 5.74) is 1.91. The molecule has 0 atom stereocenters. The minimum absolute atomic E-state index is 0.138. The lowest BCUT2D eigenvalue weighted by molar-refractivity contribution is -0.136. The van der Waals surface area contributed by atoms with E-state index in [0.717, 1.165) is 16.9 Å². The number of rotatable bonds is 3. The first-order valence-electron chi connectivity index (χ1n) is 4.55. The third-order valence-corrected chi connectivity index (χ3v) is 2.56. The number of carbonyl (C=O) groups is 1. The Labute approximate surface area is 93.8 Å². The van der Waals surface area contributed by atoms with E-state index >= 15 is 0 Å². The van der Waals surface area contributed by atoms with Gasteiger partial charge in [-0.05, 0) is 29.7 Å². The molecule has 3 nitrogen and oxygen atoms in total. The fraction of sp³-hybridized carbons (Fsp3) is 0.273. The van der Waals surface area contributed by atoms with Crippen molar-refractivity contribution in [1.29, 1.82) is 5.26 Å². The van der Waals surface area contributed by atoms with Crippen molar-refractivity contribution >= 4 is 18.6 Å². The van der Waals surface area contributed by atoms with Gasteiger partial charge >= 0.3 is 5.97 Å². The third-order valence-electron chi connectivity index (χ3n) is 2.15. The lowest BCUT2D eigenvalue weighted by atomic mass is 10.0. The smallest absolute Gasteiger partial charge is 0.307 e. The van der Waals surface area contributed by atoms with E-state index in [0.29, 0.717) is 11.1 Å². The van der Waals surface area contributed by atoms with Crippen LogP contribution in [0.15, 0.2) is 17.0 Å². The predicted molar refractivity (Wildman–Crippen MR) is 59.1 cm³/mol. The number of aryl methyl sites for hydroxylation is 1. The number of carboxylic acid groups (broad SMARTS) is 1. The second-order valence-electron chi connectivity index (χ2n) is 3.17. The van der Waals surface area contributed by atoms with Crippen LogP contribution < -0.4 is 0 Å². The first kappa shape index (κ1) is 11.6. The number of nitrogens with zero attached hydrogens (tertiary/aromatic N) is 1. The highest BCUT2D eigenvalue weighted by Crippen LogP contribution is 2.21. The standard InChI is InChI=1S/C11H11NO2S/c1-2-7-3-9(6-12)8(4-10(7)15)5-11(13)14/h3-4,15H,2,5H2,1H3,(H,13,14). The van der Waals surface area contributed by atoms with Crippen molar-refractivity contribution in [3.05, 3.63) is 28.8 Å². The van der Waals surface area contributed by atoms with Crippen LogP contribution in [0.1, 0.15) is 23.6 Å². The van der Waals surface area contributed by atoms with Gasteiger partial charge in [0.05, 0.1) is 18.1 Å². The molecular formula is C11H11NO2S. The van der Waals surface area contributed by atoms with E-state index in [-0.39, 0.29) is 6.42 Å². The zero-order valence-corrected chi connectivity index (χ0v) is 9.21. The van der Waals surface area contributed by atoms with Crippen LogP contribution in [0, 0.1) is 11.3 Å². The van der Waals surface area contributed by atoms with Gasteiger partial charge in [0.25, 0.3) is 0 Å². The molecule has 15 heavy (non-hydrogen) atoms. The number of nitriles is 1. The maximum atomic E-state index is 10.6. The van der Waals surface area contributed by atoms with Gasteiger partial charge in [-0.1, -0.05) is 6.92 Å². The molecular weight excluding hydrogens is 210 g/mol. The molecule has 1 N–H and O–H groups in total. The Hall–Kier alpha value is -1.47. The van der Waals surface area contributed by atoms with E-state index in [1.807, 2.05) is 13.0 Å². The van der Waals surface area contributed by atoms with Crippen LogP contribution in [0.2, 0.25) is 0 Å². The summed E-state index contributed by atoms with van der Waals surface area (Å²) in [6, 6.07) is 5.38. The minimum atomic E-state index is -0.941. The van der Waals surface area contributed by atoms with E-state index in [1.54, 1.807) is 12.1 Å². The molecule has 1 aromatic rings. The van der Waals surface area contributed by atoms with Gasteiger partial charge < -0.3 is 5.11 Å². The first-order valence-corrected chi connectivity index (χ1v) is 4.99. The van der Waals surface area contributed by atoms with E-state index in [4.69, 9.17) is 10.4 Å². The van der Waals surface area contributed by atoms with Crippen molar-refractivity contribution in [3.8, 4) is 6.07 Å². The van der Waals surface area contributed by atoms with E-state index in [1.165, 1.54) is 0 Å². The molecule has 0 unspecified atom stereocenters. The molecule has 0 amide bonds. The highest BCUT2D eigenvalue weighted by molar-refractivity contribution is 7.80. The van der Waals surface area contributed by atoms with Crippen LogP contribution in [-0.2, 0) is 17.6 Å². The van der Waals surface area contributed by atoms with E-state index < -0.39 is 5.97 Å². The number of hydrogen-bond donors (Lipinski definition) is 2. The Bertz CT molecular complexity index is 435. The molecule has 1 rings (SSSR count). The molecule has 0 aliphatic rings. The summed E-state index contributed by atoms with van der Waals surface area (Å²) in [5.74, 6) is -0.941. The van der Waals surface area contributed by atoms with Crippen LogP contribution >= 0.6 is 12.6 Å². The number of thiol groups is 1. The maximum Gasteiger partial charge on any atom is 0.307 e. The second kappa shape index (κ2) is 4.85. The van der Waals surface area contributed by atoms with Crippen LogP contribution in [-0.4, -0.2) is 11.1 Å². The summed E-state index contributed by atoms with van der Waals surface area (Å²) in [5, 5.41) is 17.5. The second-order valence-corrected chi connectivity index (χ2v) is 3.66. The summed E-state index contributed by atoms with van der Waals surface area (Å²) < 4.78 is 0. The summed E-state index contributed by atoms with van der Waals surface area (Å²) in [4.78, 5) is 11.3. The average molecular weight is 221 g/mol. The Morgan fingerprint density at radius 3 is 2.67 bits per heavy atom. The molecule has 0 fully saturated rings. The highest BCUT2D eigenvalue weighted by atomic mass is 32.1. The van der Waals surface area contributed by atoms with Gasteiger partial charge in [-0.15, -0.1) is 12.6 Å². The molecule has 0 bridgehead atoms. The predicted octanol–water partition coefficient (Wildman–Crippen LogP) is 2.04. The van der Waals surface area contributed by atoms with Crippen molar-refractivity contribution < 1.29 is 9.90 Å². The summed E-state index contributed by atoms with van der Waals surface area (Å²) in [6.45, 7) is 1.97. The van der Waals surface area contributed by atoms with Gasteiger partial charge in [0.15, 0.2) is 0 Å². The third kappa shape index (κ3) is 2.74. The van der Waals surface area contributed by atoms with Gasteiger partial charge in [0, 0.05) is 4.90 Å². The molecule has 4 heteroatoms. The average Bonchev–Trinajstić information content (AvgIpc) is 2.17. The van der Waals surface area contributed by atoms with E-state index in [2.05, 4.69) is 12.6 Å². The van der Waals surface area contributed by atoms with Crippen molar-refractivity contribution in [2.24, 2.45) is 0 Å². The molecule has 78 valence electrons. The number of hydrogen-bond acceptors (Lipinski definition) is 3. The Morgan fingerprint density at radius 2 is 2.20 bits per heavy atom. The largest absolute Gasteiger partial charge is 0.481 e. The highest BCUT2D eigenvalue weighted by Gasteiger charge is 2.09. The summed E-state index contributed by atoms with van der Waals surface area (Å²) in [7, 11) is 0. The Balaban J connectivity index is 3.22. The maximum absolute atomic E-state index is 10.6. The zero-order valence-electron chi connectivity index (χ0n) is 8.32. The molecule has 0 heterocycles. The van der Waals surface area contributed by atoms with Crippen LogP contribution in [0.4, 0.5) is 0 Å². The van der Waals surface area contributed by atoms with Crippen LogP contribution in [0.25, 0.3) is 0 Å². The van der Waals surface area contributed by atoms with Crippen LogP contribution in [0.5, 0.6) is 0 Å². The fourth-order valence-electron chi connectivity index (χ4n) is 1.37. The van der Waals surface area contributed by atoms with Crippen molar-refractivity contribution in [2.45, 2.75) is 24.7 Å². The van der Waals surface area contributed by atoms with E-state index in [9.17, 15) is 4.79 Å². The topological polar surface area (TPSA) is 61.1 Å². The molecule has 0 radical (unpaired) electrons. The molecule has 0 aromatic heterocycles. The zero-order chi connectivity index (χ0) is 11.4. The monoisotopic (exact) mass is 221 g/mol. The fourth-order valence-corrected chi connectivity index (χ4v) is 1.75. The quantitative estimate of drug-likeness (QED) is 0.768. The van der Waals surface area contributed by atoms with Crippen LogP contribution in [0.3, 0.4) is 0 Å². The van der Waals surface area contributed by atoms with Crippen molar-refractivity contribution in [1.82, 2.24) is 0 Å². The molecule has 0 saturated carbocycles. The van der Waals surface area contributed by atoms with Gasteiger partial charge in [-0.25, -0.2) is 0 Å². The Morgan fingerprint density at radius 1 is 1.53 bits per heavy atom. The van der Waals surface area contributed by atoms with Gasteiger partial charge in [0.1, 0.15) is 0 Å². The lowest BCUT2D eigenvalue weighted by Crippen LogP contribution is -2.03. The molecule has 1 aromatic carbocycles. The summed E-state index contributed by atoms with van der Waals surface area (Å²) >= 11 is 4.25. The van der Waals surface area contributed by atoms with Gasteiger partial charge in [-0.3, -0.25) is 4.79 Å². The normalized spacial score (nSPS) is 9.67. The molecule has 0 aliphatic heterocycles. The first-order chi connectivity index (χ1) is 7.08. The van der Waals surface area contributed by atoms with Gasteiger partial charge in [-0.2, -0.15) is 5.26 Å². The van der Waals surface area contributed by atoms with Crippen molar-refractivity contribution in [2.75, 3.05) is 0 Å². The van der Waals surface area contributed by atoms with Gasteiger partial charge in [0.2, 0.25) is 0 Å². The summed E-state index contributed by atoms with van der Waals surface area (Å²) in [6.07, 6.45) is 0.640. The Kier molecular flexibility index (Phi) is 3.75. The SMILES string of the molecule is CCc1cc(C#N)c(CC(=O)O)cc1S. The molecule has 0 saturated heterocycles. The number of benzene rings is 1. The minimum Gasteiger partial charge on any atom is -0.481 e. The molecule has 0 aliphatic carbocycles. The number of carboxylic acids is 1.